The van der Waals surface area contributed by atoms with Crippen molar-refractivity contribution in [1.82, 2.24) is 9.97 Å². The van der Waals surface area contributed by atoms with Crippen molar-refractivity contribution in [2.75, 3.05) is 26.4 Å². The van der Waals surface area contributed by atoms with E-state index in [1.54, 1.807) is 22.7 Å². The van der Waals surface area contributed by atoms with E-state index in [4.69, 9.17) is 28.9 Å². The second-order valence-electron chi connectivity index (χ2n) is 11.4. The molecule has 1 aliphatic carbocycles. The van der Waals surface area contributed by atoms with Crippen molar-refractivity contribution in [2.45, 2.75) is 12.3 Å². The summed E-state index contributed by atoms with van der Waals surface area (Å²) in [5, 5.41) is 1.81. The van der Waals surface area contributed by atoms with Crippen LogP contribution in [0.25, 0.3) is 31.6 Å². The van der Waals surface area contributed by atoms with Crippen LogP contribution in [-0.4, -0.2) is 54.1 Å². The zero-order valence-corrected chi connectivity index (χ0v) is 30.0. The van der Waals surface area contributed by atoms with Crippen LogP contribution in [0.3, 0.4) is 0 Å². The number of carbonyl (C=O) groups excluding carboxylic acids is 3. The Labute approximate surface area is 308 Å². The summed E-state index contributed by atoms with van der Waals surface area (Å²) in [7, 11) is 0. The molecule has 0 bridgehead atoms. The molecule has 0 aliphatic heterocycles. The van der Waals surface area contributed by atoms with E-state index in [1.807, 2.05) is 36.4 Å². The van der Waals surface area contributed by atoms with Gasteiger partial charge in [-0.15, -0.1) is 22.7 Å². The van der Waals surface area contributed by atoms with Crippen molar-refractivity contribution in [3.63, 3.8) is 0 Å². The highest BCUT2D eigenvalue weighted by molar-refractivity contribution is 7.20. The summed E-state index contributed by atoms with van der Waals surface area (Å²) in [6, 6.07) is 28.5. The van der Waals surface area contributed by atoms with Gasteiger partial charge in [0.05, 0.1) is 20.4 Å². The maximum atomic E-state index is 11.4. The molecule has 2 heterocycles. The van der Waals surface area contributed by atoms with Crippen LogP contribution in [0.15, 0.2) is 123 Å². The smallest absolute Gasteiger partial charge is 0.330 e. The standard InChI is InChI=1S/C37H28N2O6S2.C4H6O/c1-3-33(40)44-19-17-42-23-13-15-29-31(21-23)46-35(38-29)37(27-11-7-5-9-25(27)26-10-6-8-12-28(26)37)36-39-30-16-14-24(22-32(30)47-36)43-18-20-45-34(41)4-2;1-3-4(2)5/h3-16,21-22H,1-2,17-20H2;3H,1H2,2H3. The van der Waals surface area contributed by atoms with E-state index < -0.39 is 17.4 Å². The fourth-order valence-corrected chi connectivity index (χ4v) is 8.31. The average Bonchev–Trinajstić information content (AvgIpc) is 3.87. The van der Waals surface area contributed by atoms with E-state index >= 15 is 0 Å². The van der Waals surface area contributed by atoms with Crippen LogP contribution in [0, 0.1) is 0 Å². The molecule has 52 heavy (non-hydrogen) atoms. The largest absolute Gasteiger partial charge is 0.490 e. The monoisotopic (exact) mass is 730 g/mol. The van der Waals surface area contributed by atoms with Gasteiger partial charge < -0.3 is 18.9 Å². The summed E-state index contributed by atoms with van der Waals surface area (Å²) in [4.78, 5) is 42.9. The summed E-state index contributed by atoms with van der Waals surface area (Å²) in [5.74, 6) is 0.378. The normalized spacial score (nSPS) is 12.1. The van der Waals surface area contributed by atoms with Gasteiger partial charge in [-0.05, 0) is 71.7 Å². The molecule has 0 spiro atoms. The van der Waals surface area contributed by atoms with Crippen LogP contribution in [0.2, 0.25) is 0 Å². The van der Waals surface area contributed by atoms with E-state index in [-0.39, 0.29) is 32.2 Å². The third-order valence-electron chi connectivity index (χ3n) is 8.13. The molecule has 1 aliphatic rings. The minimum atomic E-state index is -0.750. The fourth-order valence-electron chi connectivity index (χ4n) is 5.82. The highest BCUT2D eigenvalue weighted by atomic mass is 32.1. The van der Waals surface area contributed by atoms with Crippen molar-refractivity contribution in [3.05, 3.63) is 144 Å². The predicted octanol–water partition coefficient (Wildman–Crippen LogP) is 8.25. The number of hydrogen-bond acceptors (Lipinski definition) is 11. The first-order chi connectivity index (χ1) is 25.3. The van der Waals surface area contributed by atoms with Gasteiger partial charge in [-0.1, -0.05) is 68.3 Å². The van der Waals surface area contributed by atoms with Crippen LogP contribution in [-0.2, 0) is 29.3 Å². The first kappa shape index (κ1) is 35.9. The molecule has 0 unspecified atom stereocenters. The lowest BCUT2D eigenvalue weighted by Crippen LogP contribution is -2.28. The van der Waals surface area contributed by atoms with Crippen molar-refractivity contribution in [1.29, 1.82) is 0 Å². The highest BCUT2D eigenvalue weighted by Crippen LogP contribution is 2.58. The molecule has 0 atom stereocenters. The first-order valence-electron chi connectivity index (χ1n) is 16.3. The summed E-state index contributed by atoms with van der Waals surface area (Å²) < 4.78 is 23.8. The maximum absolute atomic E-state index is 11.4. The molecule has 0 fully saturated rings. The topological polar surface area (TPSA) is 114 Å². The fraction of sp³-hybridized carbons (Fsp3) is 0.146. The minimum absolute atomic E-state index is 0.0185. The number of ketones is 1. The van der Waals surface area contributed by atoms with Gasteiger partial charge >= 0.3 is 11.9 Å². The number of fused-ring (bicyclic) bond motifs is 5. The van der Waals surface area contributed by atoms with Crippen molar-refractivity contribution in [3.8, 4) is 22.6 Å². The van der Waals surface area contributed by atoms with Gasteiger partial charge in [-0.3, -0.25) is 4.79 Å². The number of esters is 2. The highest BCUT2D eigenvalue weighted by Gasteiger charge is 2.50. The van der Waals surface area contributed by atoms with Crippen molar-refractivity contribution < 1.29 is 33.3 Å². The number of aromatic nitrogens is 2. The van der Waals surface area contributed by atoms with E-state index in [0.29, 0.717) is 11.5 Å². The third-order valence-corrected chi connectivity index (χ3v) is 10.4. The Bertz CT molecular complexity index is 2170. The minimum Gasteiger partial charge on any atom is -0.490 e. The molecule has 0 radical (unpaired) electrons. The lowest BCUT2D eigenvalue weighted by atomic mass is 9.79. The van der Waals surface area contributed by atoms with Crippen LogP contribution < -0.4 is 9.47 Å². The zero-order valence-electron chi connectivity index (χ0n) is 28.3. The number of allylic oxidation sites excluding steroid dienone is 1. The molecule has 4 aromatic carbocycles. The molecular formula is C41H34N2O7S2. The molecule has 262 valence electrons. The quantitative estimate of drug-likeness (QED) is 0.0658. The molecule has 0 saturated carbocycles. The molecular weight excluding hydrogens is 697 g/mol. The molecule has 11 heteroatoms. The van der Waals surface area contributed by atoms with Gasteiger partial charge in [0.2, 0.25) is 0 Å². The van der Waals surface area contributed by atoms with Gasteiger partial charge in [0.1, 0.15) is 53.4 Å². The molecule has 0 amide bonds. The molecule has 6 aromatic rings. The van der Waals surface area contributed by atoms with Gasteiger partial charge in [0.15, 0.2) is 5.78 Å². The van der Waals surface area contributed by atoms with Crippen LogP contribution in [0.5, 0.6) is 11.5 Å². The summed E-state index contributed by atoms with van der Waals surface area (Å²) >= 11 is 3.22. The Kier molecular flexibility index (Phi) is 11.0. The second kappa shape index (κ2) is 16.0. The van der Waals surface area contributed by atoms with Crippen molar-refractivity contribution in [2.24, 2.45) is 0 Å². The Hall–Kier alpha value is -5.91. The summed E-state index contributed by atoms with van der Waals surface area (Å²) in [6.07, 6.45) is 3.54. The number of thiazole rings is 2. The Morgan fingerprint density at radius 2 is 1.06 bits per heavy atom. The number of rotatable bonds is 13. The number of hydrogen-bond donors (Lipinski definition) is 0. The molecule has 9 nitrogen and oxygen atoms in total. The van der Waals surface area contributed by atoms with Crippen LogP contribution in [0.1, 0.15) is 28.1 Å². The van der Waals surface area contributed by atoms with Gasteiger partial charge in [-0.25, -0.2) is 19.6 Å². The molecule has 7 rings (SSSR count). The maximum Gasteiger partial charge on any atom is 0.330 e. The number of ether oxygens (including phenoxy) is 4. The van der Waals surface area contributed by atoms with E-state index in [9.17, 15) is 14.4 Å². The zero-order chi connectivity index (χ0) is 36.7. The Morgan fingerprint density at radius 1 is 0.635 bits per heavy atom. The van der Waals surface area contributed by atoms with E-state index in [2.05, 4.69) is 68.3 Å². The van der Waals surface area contributed by atoms with Crippen LogP contribution in [0.4, 0.5) is 0 Å². The predicted molar refractivity (Wildman–Crippen MR) is 204 cm³/mol. The molecule has 2 aromatic heterocycles. The molecule has 0 saturated heterocycles. The van der Waals surface area contributed by atoms with E-state index in [1.165, 1.54) is 13.0 Å². The van der Waals surface area contributed by atoms with E-state index in [0.717, 1.165) is 64.9 Å². The Balaban J connectivity index is 0.000000870. The lowest BCUT2D eigenvalue weighted by molar-refractivity contribution is -0.139. The third kappa shape index (κ3) is 7.27. The first-order valence-corrected chi connectivity index (χ1v) is 17.9. The van der Waals surface area contributed by atoms with Crippen molar-refractivity contribution >= 4 is 60.8 Å². The number of benzene rings is 4. The van der Waals surface area contributed by atoms with Gasteiger partial charge in [-0.2, -0.15) is 0 Å². The summed E-state index contributed by atoms with van der Waals surface area (Å²) in [5.41, 5.74) is 5.51. The summed E-state index contributed by atoms with van der Waals surface area (Å²) in [6.45, 7) is 12.2. The molecule has 0 N–H and O–H groups in total. The SMILES string of the molecule is C=CC(=O)OCCOc1ccc2nc(C3(c4nc5ccc(OCCOC(=O)C=C)cc5s4)c4ccccc4-c4ccccc43)sc2c1.C=CC(C)=O. The lowest BCUT2D eigenvalue weighted by Gasteiger charge is -2.27. The van der Waals surface area contributed by atoms with Gasteiger partial charge in [0, 0.05) is 12.2 Å². The Morgan fingerprint density at radius 3 is 1.46 bits per heavy atom. The average molecular weight is 731 g/mol. The number of carbonyl (C=O) groups is 3. The number of nitrogens with zero attached hydrogens (tertiary/aromatic N) is 2. The second-order valence-corrected chi connectivity index (χ2v) is 13.5. The van der Waals surface area contributed by atoms with Crippen LogP contribution >= 0.6 is 22.7 Å². The van der Waals surface area contributed by atoms with Gasteiger partial charge in [0.25, 0.3) is 0 Å².